The Hall–Kier alpha value is -0.690. The van der Waals surface area contributed by atoms with Crippen LogP contribution in [-0.2, 0) is 4.79 Å². The van der Waals surface area contributed by atoms with E-state index in [1.165, 1.54) is 13.8 Å². The van der Waals surface area contributed by atoms with Gasteiger partial charge in [-0.05, 0) is 13.8 Å². The van der Waals surface area contributed by atoms with Crippen LogP contribution in [0.4, 0.5) is 0 Å². The monoisotopic (exact) mass is 181 g/mol. The molecule has 0 rings (SSSR count). The summed E-state index contributed by atoms with van der Waals surface area (Å²) >= 11 is 0. The highest BCUT2D eigenvalue weighted by Gasteiger charge is 2.18. The predicted molar refractivity (Wildman–Crippen MR) is 41.3 cm³/mol. The maximum atomic E-state index is 10.2. The molecule has 6 nitrogen and oxygen atoms in total. The van der Waals surface area contributed by atoms with Crippen molar-refractivity contribution in [2.45, 2.75) is 26.3 Å². The van der Waals surface area contributed by atoms with Crippen molar-refractivity contribution in [2.75, 3.05) is 6.54 Å². The number of nitrogens with zero attached hydrogens (tertiary/aromatic N) is 1. The molecule has 12 heavy (non-hydrogen) atoms. The minimum absolute atomic E-state index is 0. The number of hydrogen-bond acceptors (Lipinski definition) is 4. The highest BCUT2D eigenvalue weighted by atomic mass is 16.4. The molecule has 0 fully saturated rings. The fourth-order valence-corrected chi connectivity index (χ4v) is 0.733. The molecule has 2 unspecified atom stereocenters. The third-order valence-corrected chi connectivity index (χ3v) is 1.28. The summed E-state index contributed by atoms with van der Waals surface area (Å²) in [6.07, 6.45) is -1.91. The van der Waals surface area contributed by atoms with E-state index in [0.29, 0.717) is 0 Å². The number of carboxylic acids is 1. The summed E-state index contributed by atoms with van der Waals surface area (Å²) in [6, 6.07) is 0. The summed E-state index contributed by atoms with van der Waals surface area (Å²) in [5.41, 5.74) is 0. The molecule has 0 saturated heterocycles. The van der Waals surface area contributed by atoms with E-state index >= 15 is 0 Å². The molecule has 0 aromatic heterocycles. The molecule has 0 aliphatic carbocycles. The van der Waals surface area contributed by atoms with Crippen LogP contribution in [0.5, 0.6) is 0 Å². The SMILES string of the molecule is CC(O)N(CC(=O)O)C(C)O.O. The summed E-state index contributed by atoms with van der Waals surface area (Å²) in [5.74, 6) is -1.08. The van der Waals surface area contributed by atoms with E-state index < -0.39 is 18.4 Å². The van der Waals surface area contributed by atoms with Crippen molar-refractivity contribution in [1.29, 1.82) is 0 Å². The Labute approximate surface area is 70.3 Å². The highest BCUT2D eigenvalue weighted by Crippen LogP contribution is 1.99. The van der Waals surface area contributed by atoms with E-state index in [1.54, 1.807) is 0 Å². The minimum Gasteiger partial charge on any atom is -0.480 e. The Bertz CT molecular complexity index is 128. The predicted octanol–water partition coefficient (Wildman–Crippen LogP) is -1.78. The van der Waals surface area contributed by atoms with E-state index in [4.69, 9.17) is 15.3 Å². The highest BCUT2D eigenvalue weighted by molar-refractivity contribution is 5.69. The Kier molecular flexibility index (Phi) is 6.82. The van der Waals surface area contributed by atoms with Gasteiger partial charge in [0.2, 0.25) is 0 Å². The van der Waals surface area contributed by atoms with Crippen LogP contribution < -0.4 is 0 Å². The zero-order valence-corrected chi connectivity index (χ0v) is 7.06. The molecule has 74 valence electrons. The lowest BCUT2D eigenvalue weighted by molar-refractivity contribution is -0.148. The normalized spacial score (nSPS) is 15.1. The number of aliphatic carboxylic acids is 1. The summed E-state index contributed by atoms with van der Waals surface area (Å²) in [4.78, 5) is 11.2. The second kappa shape index (κ2) is 5.90. The Morgan fingerprint density at radius 1 is 1.33 bits per heavy atom. The quantitative estimate of drug-likeness (QED) is 0.444. The largest absolute Gasteiger partial charge is 0.480 e. The summed E-state index contributed by atoms with van der Waals surface area (Å²) in [5, 5.41) is 26.2. The number of carbonyl (C=O) groups is 1. The maximum Gasteiger partial charge on any atom is 0.317 e. The Balaban J connectivity index is 0. The molecule has 2 atom stereocenters. The molecular formula is C6H15NO5. The summed E-state index contributed by atoms with van der Waals surface area (Å²) in [7, 11) is 0. The number of rotatable bonds is 4. The molecule has 0 amide bonds. The molecule has 0 aromatic carbocycles. The first-order valence-electron chi connectivity index (χ1n) is 3.29. The van der Waals surface area contributed by atoms with Gasteiger partial charge >= 0.3 is 5.97 Å². The fourth-order valence-electron chi connectivity index (χ4n) is 0.733. The zero-order valence-electron chi connectivity index (χ0n) is 7.06. The van der Waals surface area contributed by atoms with Gasteiger partial charge in [-0.1, -0.05) is 0 Å². The minimum atomic E-state index is -1.08. The Morgan fingerprint density at radius 2 is 1.67 bits per heavy atom. The van der Waals surface area contributed by atoms with Crippen LogP contribution in [0.15, 0.2) is 0 Å². The van der Waals surface area contributed by atoms with Crippen molar-refractivity contribution < 1.29 is 25.6 Å². The molecule has 0 heterocycles. The molecule has 5 N–H and O–H groups in total. The van der Waals surface area contributed by atoms with Crippen molar-refractivity contribution in [3.8, 4) is 0 Å². The van der Waals surface area contributed by atoms with E-state index in [0.717, 1.165) is 4.90 Å². The maximum absolute atomic E-state index is 10.2. The van der Waals surface area contributed by atoms with E-state index in [1.807, 2.05) is 0 Å². The summed E-state index contributed by atoms with van der Waals surface area (Å²) in [6.45, 7) is 2.43. The molecule has 0 spiro atoms. The Morgan fingerprint density at radius 3 is 1.75 bits per heavy atom. The second-order valence-corrected chi connectivity index (χ2v) is 2.33. The average molecular weight is 181 g/mol. The van der Waals surface area contributed by atoms with Crippen molar-refractivity contribution in [3.05, 3.63) is 0 Å². The van der Waals surface area contributed by atoms with E-state index in [-0.39, 0.29) is 12.0 Å². The standard InChI is InChI=1S/C6H13NO4.H2O/c1-4(8)7(5(2)9)3-6(10)11;/h4-5,8-9H,3H2,1-2H3,(H,10,11);1H2. The van der Waals surface area contributed by atoms with Gasteiger partial charge < -0.3 is 20.8 Å². The third-order valence-electron chi connectivity index (χ3n) is 1.28. The zero-order chi connectivity index (χ0) is 9.02. The van der Waals surface area contributed by atoms with Gasteiger partial charge in [0, 0.05) is 0 Å². The van der Waals surface area contributed by atoms with Crippen molar-refractivity contribution in [2.24, 2.45) is 0 Å². The molecule has 0 bridgehead atoms. The molecule has 0 aliphatic heterocycles. The van der Waals surface area contributed by atoms with Crippen molar-refractivity contribution in [1.82, 2.24) is 4.90 Å². The van der Waals surface area contributed by atoms with Crippen LogP contribution in [0, 0.1) is 0 Å². The van der Waals surface area contributed by atoms with Gasteiger partial charge in [0.25, 0.3) is 0 Å². The first kappa shape index (κ1) is 13.9. The van der Waals surface area contributed by atoms with Crippen molar-refractivity contribution >= 4 is 5.97 Å². The lowest BCUT2D eigenvalue weighted by atomic mass is 10.4. The first-order chi connectivity index (χ1) is 4.95. The van der Waals surface area contributed by atoms with Gasteiger partial charge in [0.15, 0.2) is 0 Å². The topological polar surface area (TPSA) is 112 Å². The molecule has 6 heteroatoms. The van der Waals surface area contributed by atoms with Crippen LogP contribution in [0.25, 0.3) is 0 Å². The van der Waals surface area contributed by atoms with Crippen LogP contribution in [0.2, 0.25) is 0 Å². The van der Waals surface area contributed by atoms with Gasteiger partial charge in [-0.3, -0.25) is 4.79 Å². The molecule has 0 radical (unpaired) electrons. The fraction of sp³-hybridized carbons (Fsp3) is 0.833. The number of aliphatic hydroxyl groups excluding tert-OH is 2. The van der Waals surface area contributed by atoms with Gasteiger partial charge in [0.1, 0.15) is 19.0 Å². The lowest BCUT2D eigenvalue weighted by Crippen LogP contribution is -2.43. The summed E-state index contributed by atoms with van der Waals surface area (Å²) < 4.78 is 0. The van der Waals surface area contributed by atoms with Crippen LogP contribution in [-0.4, -0.2) is 50.7 Å². The molecule has 0 saturated carbocycles. The van der Waals surface area contributed by atoms with Gasteiger partial charge in [-0.25, -0.2) is 4.90 Å². The van der Waals surface area contributed by atoms with E-state index in [9.17, 15) is 4.79 Å². The van der Waals surface area contributed by atoms with Crippen LogP contribution >= 0.6 is 0 Å². The molecular weight excluding hydrogens is 166 g/mol. The number of aliphatic hydroxyl groups is 2. The molecule has 0 aromatic rings. The van der Waals surface area contributed by atoms with Crippen LogP contribution in [0.3, 0.4) is 0 Å². The average Bonchev–Trinajstić information content (AvgIpc) is 1.81. The smallest absolute Gasteiger partial charge is 0.317 e. The first-order valence-corrected chi connectivity index (χ1v) is 3.29. The van der Waals surface area contributed by atoms with Crippen molar-refractivity contribution in [3.63, 3.8) is 0 Å². The second-order valence-electron chi connectivity index (χ2n) is 2.33. The third kappa shape index (κ3) is 5.03. The number of carboxylic acid groups (broad SMARTS) is 1. The van der Waals surface area contributed by atoms with E-state index in [2.05, 4.69) is 0 Å². The lowest BCUT2D eigenvalue weighted by Gasteiger charge is -2.25. The van der Waals surface area contributed by atoms with Gasteiger partial charge in [-0.15, -0.1) is 0 Å². The molecule has 0 aliphatic rings. The van der Waals surface area contributed by atoms with Crippen LogP contribution in [0.1, 0.15) is 13.8 Å². The van der Waals surface area contributed by atoms with Gasteiger partial charge in [-0.2, -0.15) is 0 Å². The van der Waals surface area contributed by atoms with Gasteiger partial charge in [0.05, 0.1) is 0 Å². The number of hydrogen-bond donors (Lipinski definition) is 3.